The van der Waals surface area contributed by atoms with Crippen LogP contribution in [0.15, 0.2) is 42.7 Å². The zero-order valence-corrected chi connectivity index (χ0v) is 16.8. The summed E-state index contributed by atoms with van der Waals surface area (Å²) in [7, 11) is 3.43. The monoisotopic (exact) mass is 381 g/mol. The molecule has 2 heterocycles. The summed E-state index contributed by atoms with van der Waals surface area (Å²) >= 11 is 0. The maximum atomic E-state index is 12.7. The van der Waals surface area contributed by atoms with E-state index in [2.05, 4.69) is 34.1 Å². The number of amides is 2. The molecule has 0 spiro atoms. The van der Waals surface area contributed by atoms with Crippen LogP contribution < -0.4 is 10.1 Å². The zero-order chi connectivity index (χ0) is 20.1. The number of nitrogens with zero attached hydrogens (tertiary/aromatic N) is 3. The Balaban J connectivity index is 1.60. The van der Waals surface area contributed by atoms with Crippen LogP contribution in [-0.4, -0.2) is 46.6 Å². The summed E-state index contributed by atoms with van der Waals surface area (Å²) in [6, 6.07) is 9.41. The van der Waals surface area contributed by atoms with E-state index >= 15 is 0 Å². The number of aromatic amines is 1. The van der Waals surface area contributed by atoms with Crippen molar-refractivity contribution >= 4 is 17.1 Å². The van der Waals surface area contributed by atoms with E-state index in [1.54, 1.807) is 31.5 Å². The van der Waals surface area contributed by atoms with Crippen molar-refractivity contribution in [2.75, 3.05) is 20.7 Å². The number of carbonyl (C=O) groups excluding carboxylic acids is 1. The van der Waals surface area contributed by atoms with E-state index in [-0.39, 0.29) is 18.0 Å². The van der Waals surface area contributed by atoms with Gasteiger partial charge < -0.3 is 19.9 Å². The second-order valence-electron chi connectivity index (χ2n) is 7.20. The Morgan fingerprint density at radius 3 is 2.82 bits per heavy atom. The molecule has 0 aliphatic rings. The number of hydrogen-bond donors (Lipinski definition) is 2. The number of fused-ring (bicyclic) bond motifs is 1. The Morgan fingerprint density at radius 1 is 1.32 bits per heavy atom. The van der Waals surface area contributed by atoms with Crippen molar-refractivity contribution in [3.63, 3.8) is 0 Å². The minimum absolute atomic E-state index is 0.0812. The van der Waals surface area contributed by atoms with Crippen LogP contribution in [0.5, 0.6) is 5.75 Å². The van der Waals surface area contributed by atoms with E-state index in [9.17, 15) is 4.79 Å². The predicted octanol–water partition coefficient (Wildman–Crippen LogP) is 3.55. The summed E-state index contributed by atoms with van der Waals surface area (Å²) in [6.45, 7) is 4.72. The molecule has 28 heavy (non-hydrogen) atoms. The molecule has 1 atom stereocenters. The molecular weight excluding hydrogens is 354 g/mol. The molecule has 0 unspecified atom stereocenters. The first-order chi connectivity index (χ1) is 13.5. The van der Waals surface area contributed by atoms with Crippen molar-refractivity contribution < 1.29 is 9.53 Å². The van der Waals surface area contributed by atoms with Gasteiger partial charge in [-0.05, 0) is 29.7 Å². The number of urea groups is 1. The molecule has 0 saturated heterocycles. The molecule has 0 saturated carbocycles. The summed E-state index contributed by atoms with van der Waals surface area (Å²) in [5.41, 5.74) is 2.82. The highest BCUT2D eigenvalue weighted by molar-refractivity contribution is 5.77. The number of H-pyrrole nitrogens is 1. The fraction of sp³-hybridized carbons (Fsp3) is 0.381. The molecule has 0 bridgehead atoms. The van der Waals surface area contributed by atoms with Crippen molar-refractivity contribution in [1.82, 2.24) is 25.2 Å². The average molecular weight is 381 g/mol. The van der Waals surface area contributed by atoms with Gasteiger partial charge in [0.1, 0.15) is 11.6 Å². The fourth-order valence-electron chi connectivity index (χ4n) is 3.10. The van der Waals surface area contributed by atoms with Crippen LogP contribution >= 0.6 is 0 Å². The van der Waals surface area contributed by atoms with Gasteiger partial charge in [0.2, 0.25) is 0 Å². The number of ether oxygens (including phenoxy) is 1. The van der Waals surface area contributed by atoms with Crippen LogP contribution in [0, 0.1) is 5.92 Å². The van der Waals surface area contributed by atoms with E-state index in [1.165, 1.54) is 0 Å². The molecule has 7 nitrogen and oxygen atoms in total. The first-order valence-corrected chi connectivity index (χ1v) is 9.42. The van der Waals surface area contributed by atoms with E-state index in [1.807, 2.05) is 30.3 Å². The average Bonchev–Trinajstić information content (AvgIpc) is 3.12. The molecule has 2 amide bonds. The summed E-state index contributed by atoms with van der Waals surface area (Å²) in [4.78, 5) is 26.4. The molecule has 7 heteroatoms. The van der Waals surface area contributed by atoms with Crippen molar-refractivity contribution in [1.29, 1.82) is 0 Å². The molecule has 0 aliphatic heterocycles. The van der Waals surface area contributed by atoms with Crippen LogP contribution in [0.2, 0.25) is 0 Å². The molecule has 3 rings (SSSR count). The molecule has 0 fully saturated rings. The van der Waals surface area contributed by atoms with Gasteiger partial charge in [0.05, 0.1) is 24.2 Å². The number of methoxy groups -OCH3 is 1. The summed E-state index contributed by atoms with van der Waals surface area (Å²) in [5.74, 6) is 1.89. The number of pyridine rings is 1. The molecule has 148 valence electrons. The smallest absolute Gasteiger partial charge is 0.317 e. The molecule has 0 radical (unpaired) electrons. The minimum atomic E-state index is -0.111. The number of hydrogen-bond acceptors (Lipinski definition) is 4. The van der Waals surface area contributed by atoms with Crippen LogP contribution in [0.3, 0.4) is 0 Å². The van der Waals surface area contributed by atoms with Crippen molar-refractivity contribution in [3.8, 4) is 5.75 Å². The Morgan fingerprint density at radius 2 is 2.14 bits per heavy atom. The largest absolute Gasteiger partial charge is 0.497 e. The summed E-state index contributed by atoms with van der Waals surface area (Å²) < 4.78 is 5.24. The summed E-state index contributed by atoms with van der Waals surface area (Å²) in [5, 5.41) is 3.11. The topological polar surface area (TPSA) is 83.1 Å². The molecule has 0 aliphatic carbocycles. The van der Waals surface area contributed by atoms with Gasteiger partial charge in [-0.15, -0.1) is 0 Å². The van der Waals surface area contributed by atoms with Gasteiger partial charge in [-0.3, -0.25) is 4.98 Å². The fourth-order valence-corrected chi connectivity index (χ4v) is 3.10. The van der Waals surface area contributed by atoms with E-state index < -0.39 is 0 Å². The normalized spacial score (nSPS) is 12.2. The summed E-state index contributed by atoms with van der Waals surface area (Å²) in [6.07, 6.45) is 4.17. The Labute approximate surface area is 165 Å². The van der Waals surface area contributed by atoms with Gasteiger partial charge in [-0.25, -0.2) is 9.78 Å². The van der Waals surface area contributed by atoms with Gasteiger partial charge in [0.15, 0.2) is 0 Å². The highest BCUT2D eigenvalue weighted by Gasteiger charge is 2.20. The van der Waals surface area contributed by atoms with Crippen molar-refractivity contribution in [2.24, 2.45) is 5.92 Å². The zero-order valence-electron chi connectivity index (χ0n) is 16.8. The second-order valence-corrected chi connectivity index (χ2v) is 7.20. The minimum Gasteiger partial charge on any atom is -0.497 e. The highest BCUT2D eigenvalue weighted by atomic mass is 16.5. The Hall–Kier alpha value is -3.09. The van der Waals surface area contributed by atoms with Crippen molar-refractivity contribution in [2.45, 2.75) is 26.3 Å². The number of benzene rings is 1. The van der Waals surface area contributed by atoms with Gasteiger partial charge in [-0.2, -0.15) is 0 Å². The van der Waals surface area contributed by atoms with Gasteiger partial charge in [0.25, 0.3) is 0 Å². The van der Waals surface area contributed by atoms with E-state index in [4.69, 9.17) is 4.74 Å². The quantitative estimate of drug-likeness (QED) is 0.656. The lowest BCUT2D eigenvalue weighted by molar-refractivity contribution is 0.201. The molecule has 3 aromatic rings. The predicted molar refractivity (Wildman–Crippen MR) is 109 cm³/mol. The standard InChI is InChI=1S/C21H27N5O2/c1-14(2)20(15-6-5-10-22-13-15)25-21(27)26(3)11-9-19-23-17-8-7-16(28-4)12-18(17)24-19/h5-8,10,12-14,20H,9,11H2,1-4H3,(H,23,24)(H,25,27)/t20-/m1/s1. The molecule has 1 aromatic carbocycles. The van der Waals surface area contributed by atoms with Gasteiger partial charge in [0, 0.05) is 38.5 Å². The lowest BCUT2D eigenvalue weighted by atomic mass is 9.98. The SMILES string of the molecule is COc1ccc2nc(CCN(C)C(=O)N[C@@H](c3cccnc3)C(C)C)[nH]c2c1. The molecular formula is C21H27N5O2. The third-order valence-electron chi connectivity index (χ3n) is 4.76. The Bertz CT molecular complexity index is 923. The highest BCUT2D eigenvalue weighted by Crippen LogP contribution is 2.21. The van der Waals surface area contributed by atoms with E-state index in [0.717, 1.165) is 28.2 Å². The number of nitrogens with one attached hydrogen (secondary N) is 2. The number of rotatable bonds is 7. The molecule has 2 aromatic heterocycles. The van der Waals surface area contributed by atoms with Crippen LogP contribution in [0.4, 0.5) is 4.79 Å². The number of imidazole rings is 1. The molecule has 2 N–H and O–H groups in total. The Kier molecular flexibility index (Phi) is 6.13. The number of likely N-dealkylation sites (N-methyl/N-ethyl adjacent to an activating group) is 1. The third-order valence-corrected chi connectivity index (χ3v) is 4.76. The lowest BCUT2D eigenvalue weighted by Crippen LogP contribution is -2.41. The first kappa shape index (κ1) is 19.7. The van der Waals surface area contributed by atoms with Gasteiger partial charge in [-0.1, -0.05) is 19.9 Å². The van der Waals surface area contributed by atoms with Crippen LogP contribution in [0.1, 0.15) is 31.3 Å². The second kappa shape index (κ2) is 8.73. The van der Waals surface area contributed by atoms with Crippen LogP contribution in [0.25, 0.3) is 11.0 Å². The van der Waals surface area contributed by atoms with Crippen LogP contribution in [-0.2, 0) is 6.42 Å². The third kappa shape index (κ3) is 4.60. The maximum Gasteiger partial charge on any atom is 0.317 e. The van der Waals surface area contributed by atoms with Crippen molar-refractivity contribution in [3.05, 3.63) is 54.1 Å². The maximum absolute atomic E-state index is 12.7. The first-order valence-electron chi connectivity index (χ1n) is 9.42. The number of carbonyl (C=O) groups is 1. The number of aromatic nitrogens is 3. The lowest BCUT2D eigenvalue weighted by Gasteiger charge is -2.26. The van der Waals surface area contributed by atoms with Gasteiger partial charge >= 0.3 is 6.03 Å². The van der Waals surface area contributed by atoms with E-state index in [0.29, 0.717) is 13.0 Å².